The maximum absolute atomic E-state index is 11.6. The second-order valence-corrected chi connectivity index (χ2v) is 2.69. The molecule has 0 aliphatic carbocycles. The first-order chi connectivity index (χ1) is 4.34. The maximum Gasteiger partial charge on any atom is 0.414 e. The third kappa shape index (κ3) is 3.71. The minimum atomic E-state index is -4.45. The molecule has 0 aromatic heterocycles. The van der Waals surface area contributed by atoms with Crippen molar-refractivity contribution in [1.29, 1.82) is 0 Å². The zero-order valence-corrected chi connectivity index (χ0v) is 5.94. The van der Waals surface area contributed by atoms with Crippen molar-refractivity contribution in [3.05, 3.63) is 0 Å². The van der Waals surface area contributed by atoms with E-state index in [0.717, 1.165) is 0 Å². The summed E-state index contributed by atoms with van der Waals surface area (Å²) in [5.41, 5.74) is 0. The van der Waals surface area contributed by atoms with Gasteiger partial charge in [-0.05, 0) is 12.3 Å². The van der Waals surface area contributed by atoms with E-state index in [4.69, 9.17) is 5.11 Å². The number of aliphatic hydroxyl groups excluding tert-OH is 1. The molecule has 0 aromatic rings. The first kappa shape index (κ1) is 9.75. The average molecular weight is 156 g/mol. The summed E-state index contributed by atoms with van der Waals surface area (Å²) in [6, 6.07) is 0. The summed E-state index contributed by atoms with van der Waals surface area (Å²) < 4.78 is 34.7. The fourth-order valence-electron chi connectivity index (χ4n) is 0.580. The van der Waals surface area contributed by atoms with Crippen molar-refractivity contribution in [3.8, 4) is 0 Å². The minimum Gasteiger partial charge on any atom is -0.384 e. The highest BCUT2D eigenvalue weighted by atomic mass is 19.4. The van der Waals surface area contributed by atoms with Gasteiger partial charge in [-0.2, -0.15) is 13.2 Å². The van der Waals surface area contributed by atoms with Crippen LogP contribution in [0.5, 0.6) is 0 Å². The van der Waals surface area contributed by atoms with E-state index in [-0.39, 0.29) is 12.3 Å². The highest BCUT2D eigenvalue weighted by molar-refractivity contribution is 4.66. The van der Waals surface area contributed by atoms with E-state index in [1.54, 1.807) is 13.8 Å². The Kier molecular flexibility index (Phi) is 3.15. The van der Waals surface area contributed by atoms with Crippen LogP contribution in [0.15, 0.2) is 0 Å². The van der Waals surface area contributed by atoms with Gasteiger partial charge in [-0.25, -0.2) is 0 Å². The summed E-state index contributed by atoms with van der Waals surface area (Å²) in [5.74, 6) is -0.128. The standard InChI is InChI=1S/C6H11F3O/c1-4(2)3-5(10)6(7,8)9/h4-5,10H,3H2,1-2H3. The van der Waals surface area contributed by atoms with Crippen molar-refractivity contribution in [2.75, 3.05) is 0 Å². The van der Waals surface area contributed by atoms with Crippen molar-refractivity contribution in [2.24, 2.45) is 5.92 Å². The van der Waals surface area contributed by atoms with Crippen LogP contribution in [-0.4, -0.2) is 17.4 Å². The maximum atomic E-state index is 11.6. The Morgan fingerprint density at radius 1 is 1.30 bits per heavy atom. The lowest BCUT2D eigenvalue weighted by atomic mass is 10.1. The van der Waals surface area contributed by atoms with Crippen LogP contribution >= 0.6 is 0 Å². The molecule has 0 bridgehead atoms. The van der Waals surface area contributed by atoms with E-state index < -0.39 is 12.3 Å². The molecule has 1 nitrogen and oxygen atoms in total. The van der Waals surface area contributed by atoms with Crippen LogP contribution in [0.25, 0.3) is 0 Å². The number of aliphatic hydroxyl groups is 1. The Morgan fingerprint density at radius 3 is 1.80 bits per heavy atom. The lowest BCUT2D eigenvalue weighted by Gasteiger charge is -2.15. The molecule has 0 rings (SSSR count). The molecule has 1 atom stereocenters. The number of alkyl halides is 3. The summed E-state index contributed by atoms with van der Waals surface area (Å²) >= 11 is 0. The zero-order chi connectivity index (χ0) is 8.36. The van der Waals surface area contributed by atoms with Gasteiger partial charge in [-0.1, -0.05) is 13.8 Å². The van der Waals surface area contributed by atoms with Gasteiger partial charge in [-0.15, -0.1) is 0 Å². The first-order valence-electron chi connectivity index (χ1n) is 3.09. The minimum absolute atomic E-state index is 0.128. The van der Waals surface area contributed by atoms with Crippen LogP contribution in [0.1, 0.15) is 20.3 Å². The smallest absolute Gasteiger partial charge is 0.384 e. The summed E-state index contributed by atoms with van der Waals surface area (Å²) in [4.78, 5) is 0. The third-order valence-electron chi connectivity index (χ3n) is 1.07. The van der Waals surface area contributed by atoms with Gasteiger partial charge in [0.05, 0.1) is 0 Å². The Labute approximate surface area is 57.9 Å². The van der Waals surface area contributed by atoms with E-state index in [2.05, 4.69) is 0 Å². The van der Waals surface area contributed by atoms with Crippen LogP contribution in [0.2, 0.25) is 0 Å². The highest BCUT2D eigenvalue weighted by Crippen LogP contribution is 2.24. The van der Waals surface area contributed by atoms with Crippen LogP contribution < -0.4 is 0 Å². The lowest BCUT2D eigenvalue weighted by Crippen LogP contribution is -2.29. The Balaban J connectivity index is 3.73. The van der Waals surface area contributed by atoms with Gasteiger partial charge in [0.2, 0.25) is 0 Å². The van der Waals surface area contributed by atoms with Crippen molar-refractivity contribution < 1.29 is 18.3 Å². The number of hydrogen-bond acceptors (Lipinski definition) is 1. The molecule has 0 amide bonds. The molecular weight excluding hydrogens is 145 g/mol. The van der Waals surface area contributed by atoms with Crippen LogP contribution in [0.4, 0.5) is 13.2 Å². The van der Waals surface area contributed by atoms with E-state index in [1.165, 1.54) is 0 Å². The Hall–Kier alpha value is -0.250. The predicted octanol–water partition coefficient (Wildman–Crippen LogP) is 1.96. The molecule has 0 aromatic carbocycles. The molecule has 0 radical (unpaired) electrons. The van der Waals surface area contributed by atoms with Crippen molar-refractivity contribution in [1.82, 2.24) is 0 Å². The van der Waals surface area contributed by atoms with Gasteiger partial charge in [-0.3, -0.25) is 0 Å². The fraction of sp³-hybridized carbons (Fsp3) is 1.00. The quantitative estimate of drug-likeness (QED) is 0.647. The molecule has 1 unspecified atom stereocenters. The van der Waals surface area contributed by atoms with Crippen LogP contribution in [0, 0.1) is 5.92 Å². The van der Waals surface area contributed by atoms with Crippen molar-refractivity contribution >= 4 is 0 Å². The van der Waals surface area contributed by atoms with Gasteiger partial charge in [0.25, 0.3) is 0 Å². The molecule has 0 heterocycles. The second kappa shape index (κ2) is 3.23. The first-order valence-corrected chi connectivity index (χ1v) is 3.09. The number of hydrogen-bond donors (Lipinski definition) is 1. The van der Waals surface area contributed by atoms with Crippen molar-refractivity contribution in [2.45, 2.75) is 32.5 Å². The molecule has 62 valence electrons. The largest absolute Gasteiger partial charge is 0.414 e. The second-order valence-electron chi connectivity index (χ2n) is 2.69. The molecule has 0 saturated carbocycles. The van der Waals surface area contributed by atoms with E-state index in [0.29, 0.717) is 0 Å². The SMILES string of the molecule is CC(C)CC(O)C(F)(F)F. The molecule has 0 aliphatic rings. The molecule has 4 heteroatoms. The Morgan fingerprint density at radius 2 is 1.70 bits per heavy atom. The monoisotopic (exact) mass is 156 g/mol. The molecule has 0 spiro atoms. The van der Waals surface area contributed by atoms with Crippen LogP contribution in [-0.2, 0) is 0 Å². The van der Waals surface area contributed by atoms with Crippen molar-refractivity contribution in [3.63, 3.8) is 0 Å². The Bertz CT molecular complexity index is 97.7. The predicted molar refractivity (Wildman–Crippen MR) is 31.5 cm³/mol. The zero-order valence-electron chi connectivity index (χ0n) is 5.94. The molecule has 0 saturated heterocycles. The van der Waals surface area contributed by atoms with Crippen LogP contribution in [0.3, 0.4) is 0 Å². The van der Waals surface area contributed by atoms with E-state index >= 15 is 0 Å². The molecule has 0 fully saturated rings. The fourth-order valence-corrected chi connectivity index (χ4v) is 0.580. The topological polar surface area (TPSA) is 20.2 Å². The van der Waals surface area contributed by atoms with Gasteiger partial charge in [0.1, 0.15) is 6.10 Å². The normalized spacial score (nSPS) is 15.9. The van der Waals surface area contributed by atoms with Gasteiger partial charge < -0.3 is 5.11 Å². The average Bonchev–Trinajstić information content (AvgIpc) is 1.60. The van der Waals surface area contributed by atoms with E-state index in [9.17, 15) is 13.2 Å². The van der Waals surface area contributed by atoms with E-state index in [1.807, 2.05) is 0 Å². The molecule has 1 N–H and O–H groups in total. The molecule has 0 aliphatic heterocycles. The molecule has 10 heavy (non-hydrogen) atoms. The summed E-state index contributed by atoms with van der Waals surface area (Å²) in [7, 11) is 0. The van der Waals surface area contributed by atoms with Gasteiger partial charge >= 0.3 is 6.18 Å². The lowest BCUT2D eigenvalue weighted by molar-refractivity contribution is -0.207. The summed E-state index contributed by atoms with van der Waals surface area (Å²) in [5, 5.41) is 8.43. The number of halogens is 3. The van der Waals surface area contributed by atoms with Gasteiger partial charge in [0.15, 0.2) is 0 Å². The van der Waals surface area contributed by atoms with Gasteiger partial charge in [0, 0.05) is 0 Å². The third-order valence-corrected chi connectivity index (χ3v) is 1.07. The summed E-state index contributed by atoms with van der Waals surface area (Å²) in [6.07, 6.45) is -6.83. The number of rotatable bonds is 2. The highest BCUT2D eigenvalue weighted by Gasteiger charge is 2.37. The molecular formula is C6H11F3O. The summed E-state index contributed by atoms with van der Waals surface area (Å²) in [6.45, 7) is 3.27.